The topological polar surface area (TPSA) is 220 Å². The predicted octanol–water partition coefficient (Wildman–Crippen LogP) is 6.58. The predicted molar refractivity (Wildman–Crippen MR) is 288 cm³/mol. The van der Waals surface area contributed by atoms with Gasteiger partial charge in [0.15, 0.2) is 0 Å². The zero-order chi connectivity index (χ0) is 55.3. The van der Waals surface area contributed by atoms with Crippen LogP contribution < -0.4 is 15.4 Å². The standard InChI is InChI=1S/C59H84N6O11/c1-32(2)30-64-26-21-59(22-27-64)61-46-43-44-51(70)39(10)54-45(43)55(72)57(11,76-54)74-28-17-40(33(3)4)36(7)53(75-42(67)29-41(66)65-23-14-18-58(31-65)19-24-63(12)25-20-58)38(9)50(69)37(8)49(68)34(5)15-13-16-35(6)56(73)60-48(52(44)71)47(46)62-59/h13,15-17,28,32-34,36-38,40,49-50,53,62,68-70H,14,18-27,29-31H2,1-12H3,(H,60,73)/b15-13+,28-17+,35-16-/t34-,36+,37+,38+,40+,49-,50+,53+,57-/m0/s1. The Morgan fingerprint density at radius 2 is 1.55 bits per heavy atom. The molecule has 9 atom stereocenters. The van der Waals surface area contributed by atoms with Gasteiger partial charge in [-0.05, 0) is 88.9 Å². The molecule has 17 heteroatoms. The van der Waals surface area contributed by atoms with Gasteiger partial charge < -0.3 is 54.9 Å². The van der Waals surface area contributed by atoms with Crippen molar-refractivity contribution in [2.24, 2.45) is 51.8 Å². The summed E-state index contributed by atoms with van der Waals surface area (Å²) < 4.78 is 19.1. The molecule has 3 fully saturated rings. The van der Waals surface area contributed by atoms with Crippen LogP contribution in [0.5, 0.6) is 11.5 Å². The summed E-state index contributed by atoms with van der Waals surface area (Å²) in [4.78, 5) is 83.9. The number of esters is 1. The van der Waals surface area contributed by atoms with Gasteiger partial charge in [-0.15, -0.1) is 0 Å². The van der Waals surface area contributed by atoms with E-state index >= 15 is 4.79 Å². The van der Waals surface area contributed by atoms with Crippen molar-refractivity contribution in [2.45, 2.75) is 151 Å². The van der Waals surface area contributed by atoms with Gasteiger partial charge in [-0.25, -0.2) is 0 Å². The molecule has 0 radical (unpaired) electrons. The van der Waals surface area contributed by atoms with Crippen LogP contribution in [0.2, 0.25) is 0 Å². The summed E-state index contributed by atoms with van der Waals surface area (Å²) in [6, 6.07) is 0. The first-order valence-corrected chi connectivity index (χ1v) is 27.9. The maximum Gasteiger partial charge on any atom is 0.315 e. The average Bonchev–Trinajstić information content (AvgIpc) is 3.98. The molecule has 5 bridgehead atoms. The molecule has 2 amide bonds. The molecule has 0 saturated carbocycles. The molecule has 3 saturated heterocycles. The van der Waals surface area contributed by atoms with E-state index in [4.69, 9.17) is 19.2 Å². The minimum Gasteiger partial charge on any atom is -0.507 e. The van der Waals surface area contributed by atoms with E-state index in [2.05, 4.69) is 41.3 Å². The van der Waals surface area contributed by atoms with E-state index in [1.807, 2.05) is 25.7 Å². The van der Waals surface area contributed by atoms with Crippen LogP contribution in [0.25, 0.3) is 0 Å². The third kappa shape index (κ3) is 11.0. The lowest BCUT2D eigenvalue weighted by Crippen LogP contribution is -2.51. The second-order valence-corrected chi connectivity index (χ2v) is 24.4. The molecule has 1 aliphatic carbocycles. The number of ketones is 2. The van der Waals surface area contributed by atoms with E-state index in [0.717, 1.165) is 45.3 Å². The number of phenols is 1. The number of aromatic hydroxyl groups is 1. The second-order valence-electron chi connectivity index (χ2n) is 24.4. The lowest BCUT2D eigenvalue weighted by Gasteiger charge is -2.47. The minimum atomic E-state index is -1.98. The second kappa shape index (κ2) is 22.2. The number of hydrogen-bond acceptors (Lipinski definition) is 15. The number of aliphatic imine (C=N–C) groups is 1. The smallest absolute Gasteiger partial charge is 0.315 e. The van der Waals surface area contributed by atoms with Crippen molar-refractivity contribution < 1.29 is 53.5 Å². The minimum absolute atomic E-state index is 0.0255. The Bertz CT molecular complexity index is 2620. The number of fused-ring (bicyclic) bond motifs is 13. The van der Waals surface area contributed by atoms with Gasteiger partial charge in [0.05, 0.1) is 41.0 Å². The van der Waals surface area contributed by atoms with Gasteiger partial charge in [-0.2, -0.15) is 0 Å². The number of Topliss-reactive ketones (excluding diaryl/α,β-unsaturated/α-hetero) is 2. The van der Waals surface area contributed by atoms with Crippen LogP contribution in [0.1, 0.15) is 146 Å². The third-order valence-electron chi connectivity index (χ3n) is 17.9. The molecule has 5 N–H and O–H groups in total. The summed E-state index contributed by atoms with van der Waals surface area (Å²) >= 11 is 0. The number of ether oxygens (including phenoxy) is 3. The molecule has 7 heterocycles. The van der Waals surface area contributed by atoms with Crippen molar-refractivity contribution in [3.8, 4) is 11.5 Å². The highest BCUT2D eigenvalue weighted by molar-refractivity contribution is 6.34. The van der Waals surface area contributed by atoms with E-state index in [9.17, 15) is 34.5 Å². The molecule has 2 spiro atoms. The van der Waals surface area contributed by atoms with Crippen molar-refractivity contribution in [1.29, 1.82) is 0 Å². The number of nitrogens with one attached hydrogen (secondary N) is 2. The van der Waals surface area contributed by atoms with Crippen LogP contribution in [0.3, 0.4) is 0 Å². The van der Waals surface area contributed by atoms with Crippen LogP contribution >= 0.6 is 0 Å². The lowest BCUT2D eigenvalue weighted by molar-refractivity contribution is -0.164. The first-order valence-electron chi connectivity index (χ1n) is 27.9. The first kappa shape index (κ1) is 56.8. The number of carbonyl (C=O) groups excluding carboxylic acids is 5. The number of benzene rings is 1. The highest BCUT2D eigenvalue weighted by Crippen LogP contribution is 2.50. The first-order chi connectivity index (χ1) is 35.8. The van der Waals surface area contributed by atoms with Gasteiger partial charge in [0.1, 0.15) is 35.4 Å². The summed E-state index contributed by atoms with van der Waals surface area (Å²) in [6.07, 6.45) is 9.47. The van der Waals surface area contributed by atoms with E-state index in [-0.39, 0.29) is 67.9 Å². The fourth-order valence-corrected chi connectivity index (χ4v) is 13.0. The van der Waals surface area contributed by atoms with E-state index in [1.54, 1.807) is 58.9 Å². The fourth-order valence-electron chi connectivity index (χ4n) is 13.0. The molecule has 9 rings (SSSR count). The van der Waals surface area contributed by atoms with Gasteiger partial charge in [0.2, 0.25) is 11.7 Å². The van der Waals surface area contributed by atoms with E-state index < -0.39 is 95.0 Å². The van der Waals surface area contributed by atoms with Gasteiger partial charge >= 0.3 is 11.8 Å². The number of aliphatic hydroxyl groups excluding tert-OH is 2. The molecule has 1 aromatic carbocycles. The number of piperidine rings is 3. The Hall–Kier alpha value is -5.36. The number of nitrogens with zero attached hydrogens (tertiary/aromatic N) is 4. The Kier molecular flexibility index (Phi) is 16.6. The van der Waals surface area contributed by atoms with Crippen LogP contribution in [0.15, 0.2) is 52.5 Å². The fraction of sp³-hybridized carbons (Fsp3) is 0.661. The number of aliphatic hydroxyl groups is 2. The largest absolute Gasteiger partial charge is 0.507 e. The van der Waals surface area contributed by atoms with Crippen LogP contribution in [0.4, 0.5) is 0 Å². The third-order valence-corrected chi connectivity index (χ3v) is 17.9. The SMILES string of the molecule is C/C1=C/C=C/[C@H](C)[C@H](O)[C@@H](C)[C@@H](O)[C@@H](C)[C@H](OC(=O)CC(=O)N2CCCC3(CCN(C)CC3)C2)[C@H](C)[C@@H](C(C)C)/C=C/O[C@@]2(C)Oc3c(C)c(O)c4c(c3C2=O)C2=NC3(CCN(CC(C)C)CC3)NC2=C(NC1=O)C4=O. The average molecular weight is 1050 g/mol. The molecule has 416 valence electrons. The summed E-state index contributed by atoms with van der Waals surface area (Å²) in [5.41, 5.74) is -0.151. The number of hydrogen-bond donors (Lipinski definition) is 5. The summed E-state index contributed by atoms with van der Waals surface area (Å²) in [7, 11) is 2.11. The highest BCUT2D eigenvalue weighted by Gasteiger charge is 2.55. The Morgan fingerprint density at radius 1 is 0.868 bits per heavy atom. The van der Waals surface area contributed by atoms with Crippen LogP contribution in [-0.4, -0.2) is 148 Å². The maximum atomic E-state index is 15.1. The molecule has 8 aliphatic rings. The Balaban J connectivity index is 1.15. The quantitative estimate of drug-likeness (QED) is 0.150. The maximum absolute atomic E-state index is 15.1. The Morgan fingerprint density at radius 3 is 2.21 bits per heavy atom. The van der Waals surface area contributed by atoms with Crippen molar-refractivity contribution in [3.63, 3.8) is 0 Å². The van der Waals surface area contributed by atoms with Crippen LogP contribution in [0, 0.1) is 53.8 Å². The monoisotopic (exact) mass is 1050 g/mol. The van der Waals surface area contributed by atoms with Crippen molar-refractivity contribution >= 4 is 35.1 Å². The molecule has 0 aromatic heterocycles. The highest BCUT2D eigenvalue weighted by atomic mass is 16.7. The number of likely N-dealkylation sites (tertiary alicyclic amines) is 3. The molecular weight excluding hydrogens is 969 g/mol. The van der Waals surface area contributed by atoms with Gasteiger partial charge in [0.25, 0.3) is 11.7 Å². The van der Waals surface area contributed by atoms with Crippen molar-refractivity contribution in [2.75, 3.05) is 52.9 Å². The number of rotatable bonds is 6. The summed E-state index contributed by atoms with van der Waals surface area (Å²) in [6.45, 7) is 25.6. The zero-order valence-electron chi connectivity index (χ0n) is 47.0. The van der Waals surface area contributed by atoms with Gasteiger partial charge in [-0.3, -0.25) is 29.0 Å². The molecule has 1 aromatic rings. The normalized spacial score (nSPS) is 32.8. The lowest BCUT2D eigenvalue weighted by atomic mass is 9.72. The molecule has 7 aliphatic heterocycles. The summed E-state index contributed by atoms with van der Waals surface area (Å²) in [5.74, 6) is -7.83. The van der Waals surface area contributed by atoms with E-state index in [1.165, 1.54) is 13.2 Å². The van der Waals surface area contributed by atoms with Crippen molar-refractivity contribution in [1.82, 2.24) is 25.3 Å². The van der Waals surface area contributed by atoms with Gasteiger partial charge in [-0.1, -0.05) is 73.6 Å². The number of carbonyl (C=O) groups is 5. The van der Waals surface area contributed by atoms with Gasteiger partial charge in [0, 0.05) is 92.9 Å². The zero-order valence-corrected chi connectivity index (χ0v) is 47.0. The Labute approximate surface area is 449 Å². The number of amides is 2. The number of phenolic OH excluding ortho intramolecular Hbond substituents is 1. The molecule has 0 unspecified atom stereocenters. The molecule has 17 nitrogen and oxygen atoms in total. The van der Waals surface area contributed by atoms with Crippen molar-refractivity contribution in [3.05, 3.63) is 69.8 Å². The number of allylic oxidation sites excluding steroid dienone is 5. The summed E-state index contributed by atoms with van der Waals surface area (Å²) in [5, 5.41) is 42.3. The molecule has 76 heavy (non-hydrogen) atoms. The van der Waals surface area contributed by atoms with Crippen LogP contribution in [-0.2, 0) is 23.9 Å². The molecular formula is C59H84N6O11. The van der Waals surface area contributed by atoms with E-state index in [0.29, 0.717) is 44.9 Å².